The van der Waals surface area contributed by atoms with E-state index in [1.807, 2.05) is 51.9 Å². The molecule has 0 spiro atoms. The van der Waals surface area contributed by atoms with Gasteiger partial charge in [0.25, 0.3) is 0 Å². The first-order valence-corrected chi connectivity index (χ1v) is 10.9. The first kappa shape index (κ1) is 24.0. The Kier molecular flexibility index (Phi) is 8.90. The summed E-state index contributed by atoms with van der Waals surface area (Å²) >= 11 is 0. The molecule has 8 heteroatoms. The van der Waals surface area contributed by atoms with Crippen molar-refractivity contribution in [1.29, 1.82) is 0 Å². The lowest BCUT2D eigenvalue weighted by Gasteiger charge is -2.18. The molecular formula is C24H31IN6O. The van der Waals surface area contributed by atoms with Crippen LogP contribution in [-0.2, 0) is 17.6 Å². The van der Waals surface area contributed by atoms with E-state index in [1.54, 1.807) is 7.05 Å². The summed E-state index contributed by atoms with van der Waals surface area (Å²) in [5.74, 6) is 1.32. The van der Waals surface area contributed by atoms with Crippen molar-refractivity contribution in [2.75, 3.05) is 33.2 Å². The number of hydrogen-bond donors (Lipinski definition) is 2. The number of rotatable bonds is 8. The zero-order chi connectivity index (χ0) is 21.5. The van der Waals surface area contributed by atoms with Gasteiger partial charge in [-0.2, -0.15) is 0 Å². The monoisotopic (exact) mass is 546 g/mol. The van der Waals surface area contributed by atoms with Crippen molar-refractivity contribution < 1.29 is 4.79 Å². The summed E-state index contributed by atoms with van der Waals surface area (Å²) in [7, 11) is 1.77. The molecule has 3 heterocycles. The molecule has 2 N–H and O–H groups in total. The molecule has 0 aliphatic carbocycles. The van der Waals surface area contributed by atoms with Gasteiger partial charge in [0.05, 0.1) is 5.69 Å². The largest absolute Gasteiger partial charge is 0.356 e. The lowest BCUT2D eigenvalue weighted by atomic mass is 10.1. The number of likely N-dealkylation sites (tertiary alicyclic amines) is 1. The van der Waals surface area contributed by atoms with E-state index in [1.165, 1.54) is 5.56 Å². The van der Waals surface area contributed by atoms with E-state index < -0.39 is 0 Å². The number of nitrogens with one attached hydrogen (secondary N) is 2. The Hall–Kier alpha value is -2.62. The Morgan fingerprint density at radius 2 is 1.94 bits per heavy atom. The highest BCUT2D eigenvalue weighted by molar-refractivity contribution is 14.0. The summed E-state index contributed by atoms with van der Waals surface area (Å²) in [5.41, 5.74) is 3.28. The Morgan fingerprint density at radius 3 is 2.72 bits per heavy atom. The Labute approximate surface area is 206 Å². The lowest BCUT2D eigenvalue weighted by molar-refractivity contribution is -0.127. The van der Waals surface area contributed by atoms with Crippen molar-refractivity contribution in [3.8, 4) is 0 Å². The fourth-order valence-corrected chi connectivity index (χ4v) is 3.99. The number of carbonyl (C=O) groups is 1. The Morgan fingerprint density at radius 1 is 1.12 bits per heavy atom. The molecule has 32 heavy (non-hydrogen) atoms. The summed E-state index contributed by atoms with van der Waals surface area (Å²) in [4.78, 5) is 23.3. The quantitative estimate of drug-likeness (QED) is 0.259. The van der Waals surface area contributed by atoms with Crippen LogP contribution in [0.1, 0.15) is 17.7 Å². The average Bonchev–Trinajstić information content (AvgIpc) is 3.37. The molecule has 1 amide bonds. The van der Waals surface area contributed by atoms with Crippen LogP contribution in [0.25, 0.3) is 5.65 Å². The molecule has 1 fully saturated rings. The molecule has 3 aromatic rings. The second-order valence-corrected chi connectivity index (χ2v) is 7.97. The highest BCUT2D eigenvalue weighted by Gasteiger charge is 2.29. The molecule has 0 saturated carbocycles. The van der Waals surface area contributed by atoms with Gasteiger partial charge < -0.3 is 19.9 Å². The van der Waals surface area contributed by atoms with E-state index >= 15 is 0 Å². The molecule has 2 aromatic heterocycles. The summed E-state index contributed by atoms with van der Waals surface area (Å²) < 4.78 is 2.03. The molecule has 0 bridgehead atoms. The standard InChI is InChI=1S/C24H30N6O.HI/c1-25-24(26-12-10-21-18-29-13-6-5-9-22(29)28-21)27-16-20-15-23(31)30(17-20)14-11-19-7-3-2-4-8-19;/h2-9,13,18,20H,10-12,14-17H2,1H3,(H2,25,26,27);1H. The van der Waals surface area contributed by atoms with E-state index in [4.69, 9.17) is 0 Å². The normalized spacial score (nSPS) is 16.3. The molecule has 1 aromatic carbocycles. The van der Waals surface area contributed by atoms with Crippen LogP contribution in [0.3, 0.4) is 0 Å². The van der Waals surface area contributed by atoms with Gasteiger partial charge in [-0.25, -0.2) is 4.98 Å². The van der Waals surface area contributed by atoms with Crippen molar-refractivity contribution >= 4 is 41.5 Å². The number of guanidine groups is 1. The minimum Gasteiger partial charge on any atom is -0.356 e. The third-order valence-electron chi connectivity index (χ3n) is 5.68. The maximum Gasteiger partial charge on any atom is 0.223 e. The summed E-state index contributed by atoms with van der Waals surface area (Å²) in [6.45, 7) is 3.07. The maximum absolute atomic E-state index is 12.4. The van der Waals surface area contributed by atoms with Crippen LogP contribution in [0.2, 0.25) is 0 Å². The molecule has 170 valence electrons. The zero-order valence-electron chi connectivity index (χ0n) is 18.4. The van der Waals surface area contributed by atoms with E-state index in [0.29, 0.717) is 12.3 Å². The number of halogens is 1. The molecule has 1 atom stereocenters. The van der Waals surface area contributed by atoms with Crippen molar-refractivity contribution in [2.24, 2.45) is 10.9 Å². The SMILES string of the molecule is CN=C(NCCc1cn2ccccc2n1)NCC1CC(=O)N(CCc2ccccc2)C1.I. The van der Waals surface area contributed by atoms with E-state index in [0.717, 1.165) is 56.3 Å². The second kappa shape index (κ2) is 11.8. The maximum atomic E-state index is 12.4. The first-order chi connectivity index (χ1) is 15.2. The van der Waals surface area contributed by atoms with Gasteiger partial charge in [0, 0.05) is 64.4 Å². The second-order valence-electron chi connectivity index (χ2n) is 7.97. The predicted molar refractivity (Wildman–Crippen MR) is 139 cm³/mol. The number of aromatic nitrogens is 2. The average molecular weight is 546 g/mol. The van der Waals surface area contributed by atoms with E-state index in [-0.39, 0.29) is 29.9 Å². The molecule has 1 saturated heterocycles. The van der Waals surface area contributed by atoms with Crippen LogP contribution in [0.5, 0.6) is 0 Å². The number of imidazole rings is 1. The molecule has 1 aliphatic heterocycles. The van der Waals surface area contributed by atoms with Crippen molar-refractivity contribution in [1.82, 2.24) is 24.9 Å². The Bertz CT molecular complexity index is 1000. The number of hydrogen-bond acceptors (Lipinski definition) is 3. The topological polar surface area (TPSA) is 74.0 Å². The van der Waals surface area contributed by atoms with Crippen molar-refractivity contribution in [3.05, 3.63) is 72.2 Å². The van der Waals surface area contributed by atoms with Gasteiger partial charge in [0.2, 0.25) is 5.91 Å². The van der Waals surface area contributed by atoms with Crippen LogP contribution in [0.4, 0.5) is 0 Å². The highest BCUT2D eigenvalue weighted by Crippen LogP contribution is 2.17. The van der Waals surface area contributed by atoms with Gasteiger partial charge in [-0.15, -0.1) is 24.0 Å². The van der Waals surface area contributed by atoms with E-state index in [9.17, 15) is 4.79 Å². The van der Waals surface area contributed by atoms with Crippen LogP contribution < -0.4 is 10.6 Å². The molecule has 7 nitrogen and oxygen atoms in total. The lowest BCUT2D eigenvalue weighted by Crippen LogP contribution is -2.41. The first-order valence-electron chi connectivity index (χ1n) is 10.9. The molecule has 1 aliphatic rings. The van der Waals surface area contributed by atoms with Gasteiger partial charge in [-0.3, -0.25) is 9.79 Å². The van der Waals surface area contributed by atoms with Gasteiger partial charge in [0.15, 0.2) is 5.96 Å². The van der Waals surface area contributed by atoms with Gasteiger partial charge in [-0.05, 0) is 24.1 Å². The summed E-state index contributed by atoms with van der Waals surface area (Å²) in [6.07, 6.45) is 6.38. The van der Waals surface area contributed by atoms with Crippen molar-refractivity contribution in [3.63, 3.8) is 0 Å². The van der Waals surface area contributed by atoms with Crippen molar-refractivity contribution in [2.45, 2.75) is 19.3 Å². The van der Waals surface area contributed by atoms with E-state index in [2.05, 4.69) is 38.9 Å². The van der Waals surface area contributed by atoms with Gasteiger partial charge in [-0.1, -0.05) is 36.4 Å². The number of pyridine rings is 1. The minimum atomic E-state index is 0. The third kappa shape index (κ3) is 6.44. The van der Waals surface area contributed by atoms with Crippen LogP contribution in [-0.4, -0.2) is 59.4 Å². The number of amides is 1. The smallest absolute Gasteiger partial charge is 0.223 e. The number of benzene rings is 1. The highest BCUT2D eigenvalue weighted by atomic mass is 127. The predicted octanol–water partition coefficient (Wildman–Crippen LogP) is 2.75. The molecule has 4 rings (SSSR count). The molecular weight excluding hydrogens is 515 g/mol. The number of aliphatic imine (C=N–C) groups is 1. The number of nitrogens with zero attached hydrogens (tertiary/aromatic N) is 4. The number of carbonyl (C=O) groups excluding carboxylic acids is 1. The third-order valence-corrected chi connectivity index (χ3v) is 5.68. The fraction of sp³-hybridized carbons (Fsp3) is 0.375. The summed E-state index contributed by atoms with van der Waals surface area (Å²) in [5, 5.41) is 6.72. The van der Waals surface area contributed by atoms with Crippen LogP contribution >= 0.6 is 24.0 Å². The molecule has 1 unspecified atom stereocenters. The van der Waals surface area contributed by atoms with Gasteiger partial charge in [0.1, 0.15) is 5.65 Å². The minimum absolute atomic E-state index is 0. The van der Waals surface area contributed by atoms with Crippen LogP contribution in [0.15, 0.2) is 65.9 Å². The van der Waals surface area contributed by atoms with Crippen LogP contribution in [0, 0.1) is 5.92 Å². The number of fused-ring (bicyclic) bond motifs is 1. The summed E-state index contributed by atoms with van der Waals surface area (Å²) in [6, 6.07) is 16.3. The fourth-order valence-electron chi connectivity index (χ4n) is 3.99. The Balaban J connectivity index is 0.00000289. The van der Waals surface area contributed by atoms with Gasteiger partial charge >= 0.3 is 0 Å². The zero-order valence-corrected chi connectivity index (χ0v) is 20.7. The molecule has 0 radical (unpaired) electrons.